The van der Waals surface area contributed by atoms with Gasteiger partial charge in [0.25, 0.3) is 5.91 Å². The van der Waals surface area contributed by atoms with Crippen LogP contribution < -0.4 is 5.32 Å². The summed E-state index contributed by atoms with van der Waals surface area (Å²) in [6.45, 7) is 1.42. The Hall–Kier alpha value is -2.61. The predicted octanol–water partition coefficient (Wildman–Crippen LogP) is 1.40. The Morgan fingerprint density at radius 1 is 1.20 bits per heavy atom. The van der Waals surface area contributed by atoms with Crippen molar-refractivity contribution in [2.45, 2.75) is 24.9 Å². The van der Waals surface area contributed by atoms with Gasteiger partial charge in [0, 0.05) is 44.3 Å². The number of amides is 1. The van der Waals surface area contributed by atoms with Crippen LogP contribution in [0, 0.1) is 0 Å². The normalized spacial score (nSPS) is 20.4. The summed E-state index contributed by atoms with van der Waals surface area (Å²) in [7, 11) is 1.79. The lowest BCUT2D eigenvalue weighted by Crippen LogP contribution is -2.42. The fourth-order valence-electron chi connectivity index (χ4n) is 2.96. The molecule has 2 fully saturated rings. The van der Waals surface area contributed by atoms with Gasteiger partial charge in [0.05, 0.1) is 18.7 Å². The quantitative estimate of drug-likeness (QED) is 0.899. The topological polar surface area (TPSA) is 93.1 Å². The van der Waals surface area contributed by atoms with Crippen molar-refractivity contribution in [3.05, 3.63) is 41.9 Å². The molecule has 1 saturated heterocycles. The SMILES string of the molecule is CNc1nccnc1[C@@H]1CN(C(=O)c2cnc(C3CC3)nc2)CCO1. The molecule has 1 atom stereocenters. The monoisotopic (exact) mass is 340 g/mol. The maximum atomic E-state index is 12.8. The summed E-state index contributed by atoms with van der Waals surface area (Å²) < 4.78 is 5.81. The van der Waals surface area contributed by atoms with E-state index in [0.29, 0.717) is 42.7 Å². The molecule has 2 aliphatic rings. The number of nitrogens with one attached hydrogen (secondary N) is 1. The molecule has 0 bridgehead atoms. The third-order valence-corrected chi connectivity index (χ3v) is 4.48. The van der Waals surface area contributed by atoms with E-state index in [2.05, 4.69) is 25.3 Å². The summed E-state index contributed by atoms with van der Waals surface area (Å²) in [5.74, 6) is 1.91. The maximum Gasteiger partial charge on any atom is 0.257 e. The third-order valence-electron chi connectivity index (χ3n) is 4.48. The number of rotatable bonds is 4. The number of hydrogen-bond donors (Lipinski definition) is 1. The molecule has 0 aromatic carbocycles. The zero-order chi connectivity index (χ0) is 17.2. The van der Waals surface area contributed by atoms with Crippen molar-refractivity contribution in [3.63, 3.8) is 0 Å². The van der Waals surface area contributed by atoms with Gasteiger partial charge in [-0.1, -0.05) is 0 Å². The van der Waals surface area contributed by atoms with Crippen LogP contribution in [-0.4, -0.2) is 57.5 Å². The summed E-state index contributed by atoms with van der Waals surface area (Å²) >= 11 is 0. The van der Waals surface area contributed by atoms with Crippen LogP contribution in [0.25, 0.3) is 0 Å². The molecule has 8 nitrogen and oxygen atoms in total. The number of hydrogen-bond acceptors (Lipinski definition) is 7. The highest BCUT2D eigenvalue weighted by atomic mass is 16.5. The van der Waals surface area contributed by atoms with Crippen LogP contribution in [0.2, 0.25) is 0 Å². The van der Waals surface area contributed by atoms with Gasteiger partial charge in [-0.2, -0.15) is 0 Å². The van der Waals surface area contributed by atoms with Gasteiger partial charge in [0.2, 0.25) is 0 Å². The lowest BCUT2D eigenvalue weighted by Gasteiger charge is -2.33. The van der Waals surface area contributed by atoms with E-state index in [1.165, 1.54) is 0 Å². The van der Waals surface area contributed by atoms with Crippen molar-refractivity contribution < 1.29 is 9.53 Å². The highest BCUT2D eigenvalue weighted by Crippen LogP contribution is 2.37. The van der Waals surface area contributed by atoms with Crippen LogP contribution in [-0.2, 0) is 4.74 Å². The van der Waals surface area contributed by atoms with E-state index >= 15 is 0 Å². The van der Waals surface area contributed by atoms with Crippen molar-refractivity contribution in [1.82, 2.24) is 24.8 Å². The second-order valence-electron chi connectivity index (χ2n) is 6.26. The first-order chi connectivity index (χ1) is 12.3. The zero-order valence-electron chi connectivity index (χ0n) is 14.1. The highest BCUT2D eigenvalue weighted by Gasteiger charge is 2.30. The predicted molar refractivity (Wildman–Crippen MR) is 90.2 cm³/mol. The molecule has 130 valence electrons. The van der Waals surface area contributed by atoms with Crippen molar-refractivity contribution in [2.75, 3.05) is 32.1 Å². The standard InChI is InChI=1S/C17H20N6O2/c1-18-16-14(19-4-5-20-16)13-10-23(6-7-25-13)17(24)12-8-21-15(22-9-12)11-2-3-11/h4-5,8-9,11,13H,2-3,6-7,10H2,1H3,(H,18,20)/t13-/m0/s1. The van der Waals surface area contributed by atoms with Gasteiger partial charge < -0.3 is 15.0 Å². The number of morpholine rings is 1. The van der Waals surface area contributed by atoms with Crippen molar-refractivity contribution in [2.24, 2.45) is 0 Å². The van der Waals surface area contributed by atoms with Crippen LogP contribution in [0.15, 0.2) is 24.8 Å². The Bertz CT molecular complexity index is 762. The second kappa shape index (κ2) is 6.72. The molecule has 1 aliphatic heterocycles. The number of aromatic nitrogens is 4. The number of nitrogens with zero attached hydrogens (tertiary/aromatic N) is 5. The molecule has 25 heavy (non-hydrogen) atoms. The lowest BCUT2D eigenvalue weighted by molar-refractivity contribution is -0.0245. The Kier molecular flexibility index (Phi) is 4.27. The molecule has 1 saturated carbocycles. The first-order valence-corrected chi connectivity index (χ1v) is 8.47. The van der Waals surface area contributed by atoms with Gasteiger partial charge in [0.15, 0.2) is 0 Å². The summed E-state index contributed by atoms with van der Waals surface area (Å²) in [5.41, 5.74) is 1.22. The van der Waals surface area contributed by atoms with Gasteiger partial charge >= 0.3 is 0 Å². The molecule has 2 aromatic heterocycles. The Labute approximate surface area is 145 Å². The van der Waals surface area contributed by atoms with Crippen LogP contribution in [0.4, 0.5) is 5.82 Å². The average molecular weight is 340 g/mol. The Balaban J connectivity index is 1.49. The van der Waals surface area contributed by atoms with Crippen LogP contribution in [0.3, 0.4) is 0 Å². The fourth-order valence-corrected chi connectivity index (χ4v) is 2.96. The van der Waals surface area contributed by atoms with E-state index in [0.717, 1.165) is 18.7 Å². The number of carbonyl (C=O) groups excluding carboxylic acids is 1. The van der Waals surface area contributed by atoms with E-state index in [1.807, 2.05) is 0 Å². The maximum absolute atomic E-state index is 12.8. The first kappa shape index (κ1) is 15.9. The van der Waals surface area contributed by atoms with E-state index in [1.54, 1.807) is 36.7 Å². The fraction of sp³-hybridized carbons (Fsp3) is 0.471. The first-order valence-electron chi connectivity index (χ1n) is 8.47. The third kappa shape index (κ3) is 3.30. The minimum absolute atomic E-state index is 0.0782. The molecular formula is C17H20N6O2. The van der Waals surface area contributed by atoms with Gasteiger partial charge in [-0.15, -0.1) is 0 Å². The molecule has 0 unspecified atom stereocenters. The highest BCUT2D eigenvalue weighted by molar-refractivity contribution is 5.93. The van der Waals surface area contributed by atoms with Crippen LogP contribution in [0.1, 0.15) is 46.7 Å². The molecule has 1 N–H and O–H groups in total. The molecule has 0 spiro atoms. The number of ether oxygens (including phenoxy) is 1. The Morgan fingerprint density at radius 3 is 2.68 bits per heavy atom. The number of carbonyl (C=O) groups is 1. The zero-order valence-corrected chi connectivity index (χ0v) is 14.1. The summed E-state index contributed by atoms with van der Waals surface area (Å²) in [6, 6.07) is 0. The van der Waals surface area contributed by atoms with Gasteiger partial charge in [-0.3, -0.25) is 9.78 Å². The van der Waals surface area contributed by atoms with E-state index in [4.69, 9.17) is 4.74 Å². The summed E-state index contributed by atoms with van der Waals surface area (Å²) in [5, 5.41) is 3.01. The van der Waals surface area contributed by atoms with E-state index in [-0.39, 0.29) is 12.0 Å². The van der Waals surface area contributed by atoms with Crippen molar-refractivity contribution in [1.29, 1.82) is 0 Å². The lowest BCUT2D eigenvalue weighted by atomic mass is 10.1. The molecule has 3 heterocycles. The number of anilines is 1. The molecular weight excluding hydrogens is 320 g/mol. The smallest absolute Gasteiger partial charge is 0.257 e. The molecule has 8 heteroatoms. The summed E-state index contributed by atoms with van der Waals surface area (Å²) in [6.07, 6.45) is 8.50. The Morgan fingerprint density at radius 2 is 1.96 bits per heavy atom. The molecule has 0 radical (unpaired) electrons. The average Bonchev–Trinajstić information content (AvgIpc) is 3.53. The second-order valence-corrected chi connectivity index (χ2v) is 6.26. The molecule has 1 aliphatic carbocycles. The van der Waals surface area contributed by atoms with Crippen molar-refractivity contribution in [3.8, 4) is 0 Å². The van der Waals surface area contributed by atoms with Crippen LogP contribution >= 0.6 is 0 Å². The molecule has 4 rings (SSSR count). The summed E-state index contributed by atoms with van der Waals surface area (Å²) in [4.78, 5) is 31.8. The van der Waals surface area contributed by atoms with Crippen LogP contribution in [0.5, 0.6) is 0 Å². The minimum atomic E-state index is -0.305. The van der Waals surface area contributed by atoms with E-state index in [9.17, 15) is 4.79 Å². The largest absolute Gasteiger partial charge is 0.372 e. The van der Waals surface area contributed by atoms with Gasteiger partial charge in [-0.05, 0) is 12.8 Å². The van der Waals surface area contributed by atoms with Gasteiger partial charge in [-0.25, -0.2) is 15.0 Å². The molecule has 1 amide bonds. The minimum Gasteiger partial charge on any atom is -0.372 e. The van der Waals surface area contributed by atoms with Gasteiger partial charge in [0.1, 0.15) is 23.4 Å². The van der Waals surface area contributed by atoms with E-state index < -0.39 is 0 Å². The van der Waals surface area contributed by atoms with Crippen molar-refractivity contribution >= 4 is 11.7 Å². The molecule has 2 aromatic rings.